The van der Waals surface area contributed by atoms with Gasteiger partial charge in [0.15, 0.2) is 0 Å². The van der Waals surface area contributed by atoms with E-state index in [1.54, 1.807) is 0 Å². The number of aromatic nitrogens is 2. The number of halogens is 2. The summed E-state index contributed by atoms with van der Waals surface area (Å²) in [5.41, 5.74) is 2.21. The summed E-state index contributed by atoms with van der Waals surface area (Å²) in [6.45, 7) is 7.30. The SMILES string of the molecule is CCc1nn(CC)c(CC(C)CBr)c1Cl. The first-order valence-electron chi connectivity index (χ1n) is 5.43. The Labute approximate surface area is 105 Å². The normalized spacial score (nSPS) is 13.1. The van der Waals surface area contributed by atoms with E-state index >= 15 is 0 Å². The van der Waals surface area contributed by atoms with Gasteiger partial charge in [0.2, 0.25) is 0 Å². The van der Waals surface area contributed by atoms with Crippen molar-refractivity contribution in [2.45, 2.75) is 40.2 Å². The van der Waals surface area contributed by atoms with Gasteiger partial charge >= 0.3 is 0 Å². The summed E-state index contributed by atoms with van der Waals surface area (Å²) in [5.74, 6) is 0.592. The number of alkyl halides is 1. The van der Waals surface area contributed by atoms with Gasteiger partial charge < -0.3 is 0 Å². The van der Waals surface area contributed by atoms with Crippen molar-refractivity contribution in [3.63, 3.8) is 0 Å². The van der Waals surface area contributed by atoms with Gasteiger partial charge in [-0.15, -0.1) is 0 Å². The molecule has 1 atom stereocenters. The molecule has 0 amide bonds. The number of nitrogens with zero attached hydrogens (tertiary/aromatic N) is 2. The van der Waals surface area contributed by atoms with Crippen LogP contribution < -0.4 is 0 Å². The topological polar surface area (TPSA) is 17.8 Å². The van der Waals surface area contributed by atoms with Gasteiger partial charge in [0.05, 0.1) is 16.4 Å². The zero-order valence-electron chi connectivity index (χ0n) is 9.56. The van der Waals surface area contributed by atoms with Crippen LogP contribution in [0, 0.1) is 5.92 Å². The molecule has 0 radical (unpaired) electrons. The highest BCUT2D eigenvalue weighted by Gasteiger charge is 2.15. The van der Waals surface area contributed by atoms with Gasteiger partial charge in [-0.1, -0.05) is 41.4 Å². The molecule has 0 spiro atoms. The highest BCUT2D eigenvalue weighted by molar-refractivity contribution is 9.09. The van der Waals surface area contributed by atoms with E-state index < -0.39 is 0 Å². The van der Waals surface area contributed by atoms with Gasteiger partial charge in [-0.05, 0) is 25.7 Å². The van der Waals surface area contributed by atoms with Crippen LogP contribution in [-0.4, -0.2) is 15.1 Å². The Kier molecular flexibility index (Phi) is 5.13. The summed E-state index contributed by atoms with van der Waals surface area (Å²) >= 11 is 9.81. The van der Waals surface area contributed by atoms with E-state index in [2.05, 4.69) is 41.8 Å². The molecule has 1 aromatic rings. The molecule has 0 fully saturated rings. The molecule has 4 heteroatoms. The smallest absolute Gasteiger partial charge is 0.0849 e. The van der Waals surface area contributed by atoms with Crippen molar-refractivity contribution in [3.8, 4) is 0 Å². The van der Waals surface area contributed by atoms with Crippen LogP contribution in [0.2, 0.25) is 5.02 Å². The molecule has 0 saturated carbocycles. The lowest BCUT2D eigenvalue weighted by Crippen LogP contribution is -2.08. The molecular weight excluding hydrogens is 275 g/mol. The lowest BCUT2D eigenvalue weighted by atomic mass is 10.1. The molecule has 0 aliphatic rings. The zero-order valence-corrected chi connectivity index (χ0v) is 11.9. The summed E-state index contributed by atoms with van der Waals surface area (Å²) in [4.78, 5) is 0. The summed E-state index contributed by atoms with van der Waals surface area (Å²) in [6, 6.07) is 0. The van der Waals surface area contributed by atoms with E-state index in [9.17, 15) is 0 Å². The van der Waals surface area contributed by atoms with E-state index in [0.717, 1.165) is 35.4 Å². The largest absolute Gasteiger partial charge is 0.268 e. The highest BCUT2D eigenvalue weighted by atomic mass is 79.9. The van der Waals surface area contributed by atoms with Gasteiger partial charge in [0, 0.05) is 11.9 Å². The van der Waals surface area contributed by atoms with Crippen molar-refractivity contribution in [1.82, 2.24) is 9.78 Å². The zero-order chi connectivity index (χ0) is 11.4. The Balaban J connectivity index is 2.97. The molecule has 0 aliphatic carbocycles. The van der Waals surface area contributed by atoms with Crippen LogP contribution in [-0.2, 0) is 19.4 Å². The maximum absolute atomic E-state index is 6.31. The van der Waals surface area contributed by atoms with Gasteiger partial charge in [0.25, 0.3) is 0 Å². The van der Waals surface area contributed by atoms with Crippen molar-refractivity contribution in [2.75, 3.05) is 5.33 Å². The molecule has 0 bridgehead atoms. The Morgan fingerprint density at radius 3 is 2.60 bits per heavy atom. The summed E-state index contributed by atoms with van der Waals surface area (Å²) < 4.78 is 2.03. The van der Waals surface area contributed by atoms with Gasteiger partial charge in [-0.2, -0.15) is 5.10 Å². The summed E-state index contributed by atoms with van der Waals surface area (Å²) in [6.07, 6.45) is 1.90. The molecule has 1 aromatic heterocycles. The van der Waals surface area contributed by atoms with Crippen molar-refractivity contribution in [1.29, 1.82) is 0 Å². The number of hydrogen-bond donors (Lipinski definition) is 0. The standard InChI is InChI=1S/C11H18BrClN2/c1-4-9-11(13)10(6-8(3)7-12)15(5-2)14-9/h8H,4-7H2,1-3H3. The molecule has 2 nitrogen and oxygen atoms in total. The lowest BCUT2D eigenvalue weighted by molar-refractivity contribution is 0.566. The minimum Gasteiger partial charge on any atom is -0.268 e. The van der Waals surface area contributed by atoms with Crippen LogP contribution in [0.1, 0.15) is 32.2 Å². The van der Waals surface area contributed by atoms with E-state index in [1.165, 1.54) is 5.69 Å². The predicted molar refractivity (Wildman–Crippen MR) is 69.0 cm³/mol. The van der Waals surface area contributed by atoms with Crippen LogP contribution in [0.3, 0.4) is 0 Å². The molecule has 0 aromatic carbocycles. The van der Waals surface area contributed by atoms with Gasteiger partial charge in [0.1, 0.15) is 0 Å². The average molecular weight is 294 g/mol. The third kappa shape index (κ3) is 2.97. The fourth-order valence-electron chi connectivity index (χ4n) is 1.60. The van der Waals surface area contributed by atoms with Crippen molar-refractivity contribution >= 4 is 27.5 Å². The average Bonchev–Trinajstić information content (AvgIpc) is 2.55. The van der Waals surface area contributed by atoms with Crippen molar-refractivity contribution < 1.29 is 0 Å². The molecule has 1 unspecified atom stereocenters. The molecule has 0 N–H and O–H groups in total. The summed E-state index contributed by atoms with van der Waals surface area (Å²) in [5, 5.41) is 6.37. The minimum atomic E-state index is 0.592. The predicted octanol–water partition coefficient (Wildman–Crippen LogP) is 3.69. The minimum absolute atomic E-state index is 0.592. The second kappa shape index (κ2) is 5.90. The van der Waals surface area contributed by atoms with Crippen LogP contribution in [0.25, 0.3) is 0 Å². The van der Waals surface area contributed by atoms with Crippen LogP contribution in [0.15, 0.2) is 0 Å². The number of aryl methyl sites for hydroxylation is 2. The van der Waals surface area contributed by atoms with Crippen molar-refractivity contribution in [3.05, 3.63) is 16.4 Å². The molecule has 15 heavy (non-hydrogen) atoms. The molecule has 0 saturated heterocycles. The third-order valence-electron chi connectivity index (χ3n) is 2.50. The van der Waals surface area contributed by atoms with E-state index in [1.807, 2.05) is 4.68 Å². The lowest BCUT2D eigenvalue weighted by Gasteiger charge is -2.09. The first-order chi connectivity index (χ1) is 7.13. The van der Waals surface area contributed by atoms with E-state index in [0.29, 0.717) is 5.92 Å². The summed E-state index contributed by atoms with van der Waals surface area (Å²) in [7, 11) is 0. The Morgan fingerprint density at radius 2 is 2.13 bits per heavy atom. The third-order valence-corrected chi connectivity index (χ3v) is 4.04. The van der Waals surface area contributed by atoms with Crippen molar-refractivity contribution in [2.24, 2.45) is 5.92 Å². The Bertz CT molecular complexity index is 323. The van der Waals surface area contributed by atoms with Crippen LogP contribution in [0.5, 0.6) is 0 Å². The van der Waals surface area contributed by atoms with Gasteiger partial charge in [-0.25, -0.2) is 0 Å². The second-order valence-corrected chi connectivity index (χ2v) is 4.87. The molecule has 0 aliphatic heterocycles. The number of rotatable bonds is 5. The monoisotopic (exact) mass is 292 g/mol. The Morgan fingerprint density at radius 1 is 1.47 bits per heavy atom. The maximum Gasteiger partial charge on any atom is 0.0849 e. The fraction of sp³-hybridized carbons (Fsp3) is 0.727. The first kappa shape index (κ1) is 13.0. The highest BCUT2D eigenvalue weighted by Crippen LogP contribution is 2.24. The molecule has 86 valence electrons. The second-order valence-electron chi connectivity index (χ2n) is 3.84. The first-order valence-corrected chi connectivity index (χ1v) is 6.93. The molecular formula is C11H18BrClN2. The van der Waals surface area contributed by atoms with E-state index in [-0.39, 0.29) is 0 Å². The Hall–Kier alpha value is -0.0200. The maximum atomic E-state index is 6.31. The molecule has 1 heterocycles. The van der Waals surface area contributed by atoms with Crippen LogP contribution >= 0.6 is 27.5 Å². The number of hydrogen-bond acceptors (Lipinski definition) is 1. The fourth-order valence-corrected chi connectivity index (χ4v) is 2.17. The molecule has 1 rings (SSSR count). The van der Waals surface area contributed by atoms with E-state index in [4.69, 9.17) is 11.6 Å². The van der Waals surface area contributed by atoms with Crippen LogP contribution in [0.4, 0.5) is 0 Å². The quantitative estimate of drug-likeness (QED) is 0.757. The van der Waals surface area contributed by atoms with Gasteiger partial charge in [-0.3, -0.25) is 4.68 Å².